The van der Waals surface area contributed by atoms with Gasteiger partial charge in [0, 0.05) is 6.04 Å². The van der Waals surface area contributed by atoms with Crippen LogP contribution in [0.15, 0.2) is 24.3 Å². The summed E-state index contributed by atoms with van der Waals surface area (Å²) in [6, 6.07) is -0.401. The summed E-state index contributed by atoms with van der Waals surface area (Å²) in [5.74, 6) is -0.121. The first-order valence-electron chi connectivity index (χ1n) is 11.6. The van der Waals surface area contributed by atoms with E-state index in [1.54, 1.807) is 0 Å². The Kier molecular flexibility index (Phi) is 22.7. The third-order valence-electron chi connectivity index (χ3n) is 3.59. The molecule has 2 N–H and O–H groups in total. The van der Waals surface area contributed by atoms with Crippen LogP contribution >= 0.6 is 0 Å². The summed E-state index contributed by atoms with van der Waals surface area (Å²) in [7, 11) is 0. The predicted octanol–water partition coefficient (Wildman–Crippen LogP) is 5.80. The highest BCUT2D eigenvalue weighted by atomic mass is 16.6. The number of hydrogen-bond donors (Lipinski definition) is 2. The van der Waals surface area contributed by atoms with Gasteiger partial charge in [-0.3, -0.25) is 14.9 Å². The van der Waals surface area contributed by atoms with E-state index in [1.165, 1.54) is 6.42 Å². The van der Waals surface area contributed by atoms with Crippen molar-refractivity contribution in [1.29, 1.82) is 0 Å². The summed E-state index contributed by atoms with van der Waals surface area (Å²) in [5.41, 5.74) is -0.534. The quantitative estimate of drug-likeness (QED) is 0.342. The van der Waals surface area contributed by atoms with Gasteiger partial charge in [0.15, 0.2) is 0 Å². The van der Waals surface area contributed by atoms with E-state index in [9.17, 15) is 9.59 Å². The Morgan fingerprint density at radius 3 is 1.90 bits per heavy atom. The molecular weight excluding hydrogens is 376 g/mol. The van der Waals surface area contributed by atoms with E-state index < -0.39 is 11.6 Å². The van der Waals surface area contributed by atoms with Crippen molar-refractivity contribution in [3.63, 3.8) is 0 Å². The van der Waals surface area contributed by atoms with Gasteiger partial charge in [0.2, 0.25) is 5.91 Å². The third-order valence-corrected chi connectivity index (χ3v) is 3.59. The summed E-state index contributed by atoms with van der Waals surface area (Å²) in [6.07, 6.45) is 10.6. The average Bonchev–Trinajstić information content (AvgIpc) is 2.64. The number of nitrogens with one attached hydrogen (secondary N) is 2. The lowest BCUT2D eigenvalue weighted by Gasteiger charge is -2.23. The lowest BCUT2D eigenvalue weighted by atomic mass is 10.1. The van der Waals surface area contributed by atoms with Crippen molar-refractivity contribution in [2.45, 2.75) is 113 Å². The van der Waals surface area contributed by atoms with Crippen LogP contribution in [-0.2, 0) is 14.3 Å². The zero-order chi connectivity index (χ0) is 24.2. The topological polar surface area (TPSA) is 67.4 Å². The molecule has 1 amide bonds. The van der Waals surface area contributed by atoms with Gasteiger partial charge in [0.25, 0.3) is 0 Å². The molecule has 0 aliphatic carbocycles. The van der Waals surface area contributed by atoms with E-state index in [0.29, 0.717) is 12.3 Å². The smallest absolute Gasteiger partial charge is 0.320 e. The number of esters is 1. The number of allylic oxidation sites excluding steroid dienone is 3. The number of hydrogen-bond acceptors (Lipinski definition) is 4. The van der Waals surface area contributed by atoms with Crippen LogP contribution in [0.3, 0.4) is 0 Å². The molecule has 178 valence electrons. The Morgan fingerprint density at radius 2 is 1.47 bits per heavy atom. The maximum absolute atomic E-state index is 12.5. The van der Waals surface area contributed by atoms with Crippen LogP contribution in [0.5, 0.6) is 0 Å². The Hall–Kier alpha value is -1.62. The zero-order valence-electron chi connectivity index (χ0n) is 21.6. The van der Waals surface area contributed by atoms with E-state index in [2.05, 4.69) is 45.3 Å². The second-order valence-corrected chi connectivity index (χ2v) is 8.27. The number of amides is 1. The average molecular weight is 427 g/mol. The molecule has 30 heavy (non-hydrogen) atoms. The van der Waals surface area contributed by atoms with Gasteiger partial charge in [-0.1, -0.05) is 79.2 Å². The van der Waals surface area contributed by atoms with E-state index in [1.807, 2.05) is 65.8 Å². The molecule has 0 saturated carbocycles. The van der Waals surface area contributed by atoms with E-state index >= 15 is 0 Å². The fourth-order valence-electron chi connectivity index (χ4n) is 1.87. The number of ether oxygens (including phenoxy) is 1. The zero-order valence-corrected chi connectivity index (χ0v) is 21.6. The molecule has 2 atom stereocenters. The van der Waals surface area contributed by atoms with Gasteiger partial charge in [0.05, 0.1) is 12.6 Å². The fourth-order valence-corrected chi connectivity index (χ4v) is 1.87. The lowest BCUT2D eigenvalue weighted by molar-refractivity contribution is -0.153. The SMILES string of the molecule is CC.CC/C=C\C=C/CC(NCC(=O)OC(C)(C)C)C(=O)NC(C)C(C)C.CCC. The van der Waals surface area contributed by atoms with Crippen molar-refractivity contribution >= 4 is 11.9 Å². The van der Waals surface area contributed by atoms with E-state index in [0.717, 1.165) is 6.42 Å². The van der Waals surface area contributed by atoms with Gasteiger partial charge < -0.3 is 10.1 Å². The normalized spacial score (nSPS) is 13.2. The van der Waals surface area contributed by atoms with Crippen LogP contribution < -0.4 is 10.6 Å². The van der Waals surface area contributed by atoms with Crippen LogP contribution in [0.1, 0.15) is 95.4 Å². The van der Waals surface area contributed by atoms with Gasteiger partial charge in [-0.15, -0.1) is 0 Å². The summed E-state index contributed by atoms with van der Waals surface area (Å²) >= 11 is 0. The molecule has 0 heterocycles. The highest BCUT2D eigenvalue weighted by Gasteiger charge is 2.22. The molecule has 0 rings (SSSR count). The molecular formula is C25H50N2O3. The maximum Gasteiger partial charge on any atom is 0.320 e. The Bertz CT molecular complexity index is 477. The molecule has 0 radical (unpaired) electrons. The van der Waals surface area contributed by atoms with Crippen molar-refractivity contribution in [3.05, 3.63) is 24.3 Å². The lowest BCUT2D eigenvalue weighted by Crippen LogP contribution is -2.49. The summed E-state index contributed by atoms with van der Waals surface area (Å²) in [5, 5.41) is 6.01. The summed E-state index contributed by atoms with van der Waals surface area (Å²) in [4.78, 5) is 24.4. The Morgan fingerprint density at radius 1 is 0.967 bits per heavy atom. The number of rotatable bonds is 10. The first kappa shape index (κ1) is 33.0. The van der Waals surface area contributed by atoms with Gasteiger partial charge >= 0.3 is 5.97 Å². The molecule has 5 heteroatoms. The van der Waals surface area contributed by atoms with Crippen LogP contribution in [0.25, 0.3) is 0 Å². The van der Waals surface area contributed by atoms with Crippen LogP contribution in [-0.4, -0.2) is 36.1 Å². The Balaban J connectivity index is -0.00000133. The minimum Gasteiger partial charge on any atom is -0.459 e. The van der Waals surface area contributed by atoms with E-state index in [-0.39, 0.29) is 24.5 Å². The van der Waals surface area contributed by atoms with Gasteiger partial charge in [-0.2, -0.15) is 0 Å². The van der Waals surface area contributed by atoms with Crippen LogP contribution in [0, 0.1) is 5.92 Å². The van der Waals surface area contributed by atoms with Crippen molar-refractivity contribution in [2.24, 2.45) is 5.92 Å². The molecule has 0 aliphatic rings. The van der Waals surface area contributed by atoms with E-state index in [4.69, 9.17) is 4.74 Å². The van der Waals surface area contributed by atoms with Gasteiger partial charge in [0.1, 0.15) is 5.60 Å². The van der Waals surface area contributed by atoms with Gasteiger partial charge in [-0.25, -0.2) is 0 Å². The minimum absolute atomic E-state index is 0.00402. The van der Waals surface area contributed by atoms with Gasteiger partial charge in [-0.05, 0) is 46.5 Å². The molecule has 0 fully saturated rings. The summed E-state index contributed by atoms with van der Waals surface area (Å²) < 4.78 is 5.28. The number of carbonyl (C=O) groups excluding carboxylic acids is 2. The van der Waals surface area contributed by atoms with Crippen molar-refractivity contribution < 1.29 is 14.3 Å². The molecule has 0 aromatic heterocycles. The second-order valence-electron chi connectivity index (χ2n) is 8.27. The Labute approximate surface area is 187 Å². The van der Waals surface area contributed by atoms with Crippen molar-refractivity contribution in [2.75, 3.05) is 6.54 Å². The number of carbonyl (C=O) groups is 2. The third kappa shape index (κ3) is 22.7. The highest BCUT2D eigenvalue weighted by molar-refractivity contribution is 5.83. The highest BCUT2D eigenvalue weighted by Crippen LogP contribution is 2.07. The summed E-state index contributed by atoms with van der Waals surface area (Å²) in [6.45, 7) is 21.9. The first-order valence-corrected chi connectivity index (χ1v) is 11.6. The molecule has 0 aromatic rings. The molecule has 0 aromatic carbocycles. The van der Waals surface area contributed by atoms with Crippen LogP contribution in [0.4, 0.5) is 0 Å². The molecule has 0 spiro atoms. The van der Waals surface area contributed by atoms with Crippen molar-refractivity contribution in [3.8, 4) is 0 Å². The second kappa shape index (κ2) is 20.6. The monoisotopic (exact) mass is 426 g/mol. The van der Waals surface area contributed by atoms with Crippen LogP contribution in [0.2, 0.25) is 0 Å². The largest absolute Gasteiger partial charge is 0.459 e. The minimum atomic E-state index is -0.534. The fraction of sp³-hybridized carbons (Fsp3) is 0.760. The van der Waals surface area contributed by atoms with Crippen molar-refractivity contribution in [1.82, 2.24) is 10.6 Å². The standard InChI is InChI=1S/C20H36N2O3.C3H8.C2H6/c1-8-9-10-11-12-13-17(19(24)22-16(4)15(2)3)21-14-18(23)25-20(5,6)7;1-3-2;1-2/h9-12,15-17,21H,8,13-14H2,1-7H3,(H,22,24);3H2,1-2H3;1-2H3/b10-9-,12-11-;;. The molecule has 0 bridgehead atoms. The first-order chi connectivity index (χ1) is 14.0. The maximum atomic E-state index is 12.5. The molecule has 2 unspecified atom stereocenters. The molecule has 5 nitrogen and oxygen atoms in total. The predicted molar refractivity (Wildman–Crippen MR) is 131 cm³/mol. The molecule has 0 saturated heterocycles. The molecule has 0 aliphatic heterocycles.